The SMILES string of the molecule is Cc1ccc(S(=O)(=O)N(CC(=O)NC(C)c2ccc3c(c2)CCC3)c2ccc(C)c(C)c2)cc1. The maximum Gasteiger partial charge on any atom is 0.264 e. The molecule has 1 unspecified atom stereocenters. The number of hydrogen-bond donors (Lipinski definition) is 1. The Bertz CT molecular complexity index is 1310. The van der Waals surface area contributed by atoms with Gasteiger partial charge in [-0.05, 0) is 99.0 Å². The Morgan fingerprint density at radius 1 is 0.912 bits per heavy atom. The number of rotatable bonds is 7. The molecule has 178 valence electrons. The van der Waals surface area contributed by atoms with Crippen molar-refractivity contribution in [2.24, 2.45) is 0 Å². The van der Waals surface area contributed by atoms with Crippen LogP contribution in [0.1, 0.15) is 52.8 Å². The lowest BCUT2D eigenvalue weighted by molar-refractivity contribution is -0.120. The normalized spacial score (nSPS) is 13.9. The molecule has 0 aromatic heterocycles. The van der Waals surface area contributed by atoms with Crippen LogP contribution in [0.4, 0.5) is 5.69 Å². The van der Waals surface area contributed by atoms with E-state index in [2.05, 4.69) is 23.5 Å². The van der Waals surface area contributed by atoms with Crippen LogP contribution in [0.5, 0.6) is 0 Å². The van der Waals surface area contributed by atoms with Gasteiger partial charge in [0.25, 0.3) is 10.0 Å². The fraction of sp³-hybridized carbons (Fsp3) is 0.321. The van der Waals surface area contributed by atoms with Crippen molar-refractivity contribution < 1.29 is 13.2 Å². The molecule has 1 N–H and O–H groups in total. The standard InChI is InChI=1S/C28H32N2O3S/c1-19-8-14-27(15-9-19)34(32,33)30(26-13-10-20(2)21(3)16-26)18-28(31)29-22(4)24-12-11-23-6-5-7-25(23)17-24/h8-17,22H,5-7,18H2,1-4H3,(H,29,31). The van der Waals surface area contributed by atoms with Crippen molar-refractivity contribution in [2.45, 2.75) is 57.9 Å². The Balaban J connectivity index is 1.60. The third kappa shape index (κ3) is 5.02. The zero-order valence-electron chi connectivity index (χ0n) is 20.3. The van der Waals surface area contributed by atoms with Crippen molar-refractivity contribution >= 4 is 21.6 Å². The highest BCUT2D eigenvalue weighted by Crippen LogP contribution is 2.27. The Morgan fingerprint density at radius 3 is 2.32 bits per heavy atom. The Hall–Kier alpha value is -3.12. The van der Waals surface area contributed by atoms with Crippen molar-refractivity contribution in [3.63, 3.8) is 0 Å². The van der Waals surface area contributed by atoms with Gasteiger partial charge in [0.2, 0.25) is 5.91 Å². The van der Waals surface area contributed by atoms with Gasteiger partial charge in [-0.25, -0.2) is 8.42 Å². The smallest absolute Gasteiger partial charge is 0.264 e. The van der Waals surface area contributed by atoms with Crippen molar-refractivity contribution in [2.75, 3.05) is 10.8 Å². The van der Waals surface area contributed by atoms with Crippen LogP contribution in [-0.2, 0) is 27.7 Å². The second-order valence-electron chi connectivity index (χ2n) is 9.26. The van der Waals surface area contributed by atoms with Crippen molar-refractivity contribution in [3.05, 3.63) is 94.0 Å². The summed E-state index contributed by atoms with van der Waals surface area (Å²) in [6, 6.07) is 18.3. The van der Waals surface area contributed by atoms with Crippen LogP contribution < -0.4 is 9.62 Å². The lowest BCUT2D eigenvalue weighted by Crippen LogP contribution is -2.41. The van der Waals surface area contributed by atoms with E-state index in [-0.39, 0.29) is 23.4 Å². The molecule has 0 fully saturated rings. The molecule has 0 heterocycles. The van der Waals surface area contributed by atoms with E-state index < -0.39 is 10.0 Å². The van der Waals surface area contributed by atoms with Crippen LogP contribution >= 0.6 is 0 Å². The summed E-state index contributed by atoms with van der Waals surface area (Å²) in [5.41, 5.74) is 7.24. The zero-order chi connectivity index (χ0) is 24.5. The Morgan fingerprint density at radius 2 is 1.62 bits per heavy atom. The summed E-state index contributed by atoms with van der Waals surface area (Å²) in [5, 5.41) is 3.00. The number of anilines is 1. The molecule has 1 amide bonds. The second-order valence-corrected chi connectivity index (χ2v) is 11.1. The van der Waals surface area contributed by atoms with Gasteiger partial charge in [0.15, 0.2) is 0 Å². The predicted molar refractivity (Wildman–Crippen MR) is 137 cm³/mol. The first kappa shape index (κ1) is 24.0. The second kappa shape index (κ2) is 9.63. The Kier molecular flexibility index (Phi) is 6.80. The number of nitrogens with zero attached hydrogens (tertiary/aromatic N) is 1. The number of nitrogens with one attached hydrogen (secondary N) is 1. The van der Waals surface area contributed by atoms with E-state index in [1.165, 1.54) is 21.9 Å². The topological polar surface area (TPSA) is 66.5 Å². The first-order chi connectivity index (χ1) is 16.1. The first-order valence-corrected chi connectivity index (χ1v) is 13.2. The van der Waals surface area contributed by atoms with E-state index in [4.69, 9.17) is 0 Å². The number of hydrogen-bond acceptors (Lipinski definition) is 3. The van der Waals surface area contributed by atoms with Gasteiger partial charge in [-0.2, -0.15) is 0 Å². The molecule has 6 heteroatoms. The molecule has 0 bridgehead atoms. The molecule has 1 aliphatic carbocycles. The zero-order valence-corrected chi connectivity index (χ0v) is 21.1. The number of amides is 1. The number of aryl methyl sites for hydroxylation is 5. The molecule has 4 rings (SSSR count). The fourth-order valence-electron chi connectivity index (χ4n) is 4.40. The molecule has 0 aliphatic heterocycles. The van der Waals surface area contributed by atoms with E-state index in [1.807, 2.05) is 39.8 Å². The van der Waals surface area contributed by atoms with Gasteiger partial charge in [-0.3, -0.25) is 9.10 Å². The number of benzene rings is 3. The number of fused-ring (bicyclic) bond motifs is 1. The average Bonchev–Trinajstić information content (AvgIpc) is 3.27. The molecule has 5 nitrogen and oxygen atoms in total. The molecule has 0 saturated heterocycles. The van der Waals surface area contributed by atoms with E-state index in [0.29, 0.717) is 5.69 Å². The summed E-state index contributed by atoms with van der Waals surface area (Å²) in [6.45, 7) is 7.46. The molecule has 0 saturated carbocycles. The highest BCUT2D eigenvalue weighted by Gasteiger charge is 2.28. The molecular weight excluding hydrogens is 444 g/mol. The summed E-state index contributed by atoms with van der Waals surface area (Å²) in [5.74, 6) is -0.345. The first-order valence-electron chi connectivity index (χ1n) is 11.7. The molecule has 34 heavy (non-hydrogen) atoms. The van der Waals surface area contributed by atoms with Gasteiger partial charge in [-0.15, -0.1) is 0 Å². The van der Waals surface area contributed by atoms with Gasteiger partial charge in [0, 0.05) is 0 Å². The molecule has 1 atom stereocenters. The molecule has 1 aliphatic rings. The molecule has 3 aromatic rings. The summed E-state index contributed by atoms with van der Waals surface area (Å²) in [6.07, 6.45) is 3.35. The third-order valence-corrected chi connectivity index (χ3v) is 8.46. The van der Waals surface area contributed by atoms with Crippen LogP contribution in [0.25, 0.3) is 0 Å². The van der Waals surface area contributed by atoms with Gasteiger partial charge in [0.05, 0.1) is 16.6 Å². The third-order valence-electron chi connectivity index (χ3n) is 6.67. The maximum absolute atomic E-state index is 13.6. The summed E-state index contributed by atoms with van der Waals surface area (Å²) >= 11 is 0. The van der Waals surface area contributed by atoms with Crippen LogP contribution in [0, 0.1) is 20.8 Å². The number of sulfonamides is 1. The summed E-state index contributed by atoms with van der Waals surface area (Å²) < 4.78 is 28.4. The van der Waals surface area contributed by atoms with Gasteiger partial charge in [0.1, 0.15) is 6.54 Å². The summed E-state index contributed by atoms with van der Waals surface area (Å²) in [7, 11) is -3.93. The maximum atomic E-state index is 13.6. The minimum atomic E-state index is -3.93. The van der Waals surface area contributed by atoms with E-state index >= 15 is 0 Å². The lowest BCUT2D eigenvalue weighted by atomic mass is 10.0. The lowest BCUT2D eigenvalue weighted by Gasteiger charge is -2.26. The highest BCUT2D eigenvalue weighted by molar-refractivity contribution is 7.92. The average molecular weight is 477 g/mol. The predicted octanol–water partition coefficient (Wildman–Crippen LogP) is 5.17. The molecule has 3 aromatic carbocycles. The van der Waals surface area contributed by atoms with Gasteiger partial charge < -0.3 is 5.32 Å². The van der Waals surface area contributed by atoms with Crippen molar-refractivity contribution in [1.82, 2.24) is 5.32 Å². The van der Waals surface area contributed by atoms with Gasteiger partial charge >= 0.3 is 0 Å². The van der Waals surface area contributed by atoms with E-state index in [9.17, 15) is 13.2 Å². The van der Waals surface area contributed by atoms with Crippen LogP contribution in [-0.4, -0.2) is 20.9 Å². The van der Waals surface area contributed by atoms with E-state index in [1.54, 1.807) is 30.3 Å². The minimum Gasteiger partial charge on any atom is -0.348 e. The summed E-state index contributed by atoms with van der Waals surface area (Å²) in [4.78, 5) is 13.3. The van der Waals surface area contributed by atoms with Gasteiger partial charge in [-0.1, -0.05) is 42.0 Å². The van der Waals surface area contributed by atoms with Crippen LogP contribution in [0.2, 0.25) is 0 Å². The van der Waals surface area contributed by atoms with Crippen molar-refractivity contribution in [1.29, 1.82) is 0 Å². The monoisotopic (exact) mass is 476 g/mol. The van der Waals surface area contributed by atoms with E-state index in [0.717, 1.165) is 35.1 Å². The van der Waals surface area contributed by atoms with Crippen molar-refractivity contribution in [3.8, 4) is 0 Å². The number of carbonyl (C=O) groups excluding carboxylic acids is 1. The van der Waals surface area contributed by atoms with Crippen LogP contribution in [0.3, 0.4) is 0 Å². The quantitative estimate of drug-likeness (QED) is 0.511. The molecule has 0 radical (unpaired) electrons. The largest absolute Gasteiger partial charge is 0.348 e. The minimum absolute atomic E-state index is 0.163. The molecular formula is C28H32N2O3S. The number of carbonyl (C=O) groups is 1. The highest BCUT2D eigenvalue weighted by atomic mass is 32.2. The Labute approximate surface area is 202 Å². The fourth-order valence-corrected chi connectivity index (χ4v) is 5.81. The van der Waals surface area contributed by atoms with Crippen LogP contribution in [0.15, 0.2) is 65.6 Å². The molecule has 0 spiro atoms.